The Morgan fingerprint density at radius 1 is 0.385 bits per heavy atom. The van der Waals surface area contributed by atoms with Crippen LogP contribution in [0, 0.1) is 13.8 Å². The van der Waals surface area contributed by atoms with Crippen LogP contribution in [0.15, 0.2) is 146 Å². The highest BCUT2D eigenvalue weighted by Gasteiger charge is 2.42. The molecule has 0 N–H and O–H groups in total. The first-order valence-corrected chi connectivity index (χ1v) is 24.9. The third-order valence-corrected chi connectivity index (χ3v) is 14.8. The first-order chi connectivity index (χ1) is 31.9. The van der Waals surface area contributed by atoms with Gasteiger partial charge in [0.15, 0.2) is 5.82 Å². The van der Waals surface area contributed by atoms with Gasteiger partial charge in [-0.15, -0.1) is 0 Å². The summed E-state index contributed by atoms with van der Waals surface area (Å²) in [5, 5.41) is 9.92. The summed E-state index contributed by atoms with van der Waals surface area (Å²) >= 11 is 0. The van der Waals surface area contributed by atoms with Gasteiger partial charge in [-0.2, -0.15) is 0 Å². The molecule has 0 aliphatic heterocycles. The van der Waals surface area contributed by atoms with Crippen molar-refractivity contribution in [2.75, 3.05) is 0 Å². The Kier molecular flexibility index (Phi) is 12.4. The quantitative estimate of drug-likeness (QED) is 0.0518. The van der Waals surface area contributed by atoms with Crippen LogP contribution in [-0.2, 0) is 5.41 Å². The number of hydrogen-bond acceptors (Lipinski definition) is 2. The lowest BCUT2D eigenvalue weighted by atomic mass is 9.70. The van der Waals surface area contributed by atoms with Crippen LogP contribution in [0.1, 0.15) is 126 Å². The lowest BCUT2D eigenvalue weighted by Crippen LogP contribution is -2.25. The van der Waals surface area contributed by atoms with Crippen molar-refractivity contribution in [1.29, 1.82) is 0 Å². The molecule has 1 aromatic heterocycles. The number of benzene rings is 8. The summed E-state index contributed by atoms with van der Waals surface area (Å²) in [7, 11) is 0. The van der Waals surface area contributed by atoms with Crippen molar-refractivity contribution in [2.24, 2.45) is 0 Å². The predicted molar refractivity (Wildman–Crippen MR) is 280 cm³/mol. The summed E-state index contributed by atoms with van der Waals surface area (Å²) < 4.78 is 0. The molecule has 0 fully saturated rings. The van der Waals surface area contributed by atoms with Crippen LogP contribution in [0.3, 0.4) is 0 Å². The molecule has 2 heteroatoms. The lowest BCUT2D eigenvalue weighted by Gasteiger charge is -2.33. The first-order valence-electron chi connectivity index (χ1n) is 24.9. The summed E-state index contributed by atoms with van der Waals surface area (Å²) in [6.07, 6.45) is 18.1. The summed E-state index contributed by atoms with van der Waals surface area (Å²) in [5.74, 6) is 0.755. The van der Waals surface area contributed by atoms with Gasteiger partial charge in [-0.25, -0.2) is 9.97 Å². The largest absolute Gasteiger partial charge is 0.228 e. The average Bonchev–Trinajstić information content (AvgIpc) is 3.60. The van der Waals surface area contributed by atoms with Crippen molar-refractivity contribution in [1.82, 2.24) is 9.97 Å². The molecule has 0 saturated heterocycles. The molecule has 0 atom stereocenters. The molecule has 326 valence electrons. The van der Waals surface area contributed by atoms with Gasteiger partial charge in [0.1, 0.15) is 0 Å². The molecule has 0 amide bonds. The number of rotatable bonds is 17. The maximum Gasteiger partial charge on any atom is 0.160 e. The second kappa shape index (κ2) is 18.8. The van der Waals surface area contributed by atoms with Crippen molar-refractivity contribution in [2.45, 2.75) is 123 Å². The van der Waals surface area contributed by atoms with Gasteiger partial charge < -0.3 is 0 Å². The van der Waals surface area contributed by atoms with Gasteiger partial charge in [-0.05, 0) is 128 Å². The van der Waals surface area contributed by atoms with E-state index in [2.05, 4.69) is 173 Å². The zero-order valence-electron chi connectivity index (χ0n) is 39.2. The first kappa shape index (κ1) is 42.8. The van der Waals surface area contributed by atoms with E-state index in [-0.39, 0.29) is 5.41 Å². The van der Waals surface area contributed by atoms with Crippen LogP contribution in [0.25, 0.3) is 88.1 Å². The van der Waals surface area contributed by atoms with E-state index in [0.717, 1.165) is 28.3 Å². The number of unbranched alkanes of at least 4 members (excludes halogenated alkanes) is 10. The zero-order valence-corrected chi connectivity index (χ0v) is 39.2. The standard InChI is InChI=1S/C63H64N2/c1-5-7-9-11-13-17-35-63(36-18-14-12-10-8-6-2)58-37-43(3)27-33-52(58)53-34-32-49(41-59(53)63)60-42-61(54-26-20-24-48-38-55-44(4)21-19-23-47(55)39-57(48)54)65-62(64-60)50-31-30-46-29-28-45-22-15-16-25-51(45)56(46)40-50/h15-16,19-34,37-42H,5-14,17-18,35-36H2,1-4H3. The maximum atomic E-state index is 5.56. The molecule has 9 aromatic rings. The number of nitrogens with zero attached hydrogens (tertiary/aromatic N) is 2. The highest BCUT2D eigenvalue weighted by molar-refractivity contribution is 6.09. The number of aryl methyl sites for hydroxylation is 2. The van der Waals surface area contributed by atoms with Crippen LogP contribution < -0.4 is 0 Å². The molecule has 8 aromatic carbocycles. The zero-order chi connectivity index (χ0) is 44.3. The molecule has 1 aliphatic rings. The van der Waals surface area contributed by atoms with Gasteiger partial charge in [0, 0.05) is 22.1 Å². The van der Waals surface area contributed by atoms with Gasteiger partial charge in [-0.3, -0.25) is 0 Å². The molecule has 0 unspecified atom stereocenters. The Balaban J connectivity index is 1.14. The Labute approximate surface area is 387 Å². The molecule has 1 aliphatic carbocycles. The van der Waals surface area contributed by atoms with Gasteiger partial charge in [-0.1, -0.05) is 212 Å². The fourth-order valence-corrected chi connectivity index (χ4v) is 11.3. The molecular formula is C63H64N2. The van der Waals surface area contributed by atoms with Gasteiger partial charge >= 0.3 is 0 Å². The minimum atomic E-state index is -0.0187. The highest BCUT2D eigenvalue weighted by Crippen LogP contribution is 2.55. The second-order valence-electron chi connectivity index (χ2n) is 19.3. The predicted octanol–water partition coefficient (Wildman–Crippen LogP) is 18.5. The molecule has 0 radical (unpaired) electrons. The van der Waals surface area contributed by atoms with E-state index < -0.39 is 0 Å². The van der Waals surface area contributed by atoms with Gasteiger partial charge in [0.25, 0.3) is 0 Å². The van der Waals surface area contributed by atoms with Crippen molar-refractivity contribution in [3.05, 3.63) is 168 Å². The van der Waals surface area contributed by atoms with E-state index in [1.807, 2.05) is 0 Å². The molecule has 65 heavy (non-hydrogen) atoms. The third kappa shape index (κ3) is 8.38. The highest BCUT2D eigenvalue weighted by atomic mass is 14.9. The summed E-state index contributed by atoms with van der Waals surface area (Å²) in [6.45, 7) is 9.13. The van der Waals surface area contributed by atoms with Gasteiger partial charge in [0.2, 0.25) is 0 Å². The van der Waals surface area contributed by atoms with Crippen molar-refractivity contribution in [3.8, 4) is 45.0 Å². The fraction of sp³-hybridized carbons (Fsp3) is 0.302. The van der Waals surface area contributed by atoms with E-state index in [0.29, 0.717) is 0 Å². The monoisotopic (exact) mass is 849 g/mol. The average molecular weight is 849 g/mol. The minimum absolute atomic E-state index is 0.0187. The molecule has 2 nitrogen and oxygen atoms in total. The number of fused-ring (bicyclic) bond motifs is 8. The summed E-state index contributed by atoms with van der Waals surface area (Å²) in [5.41, 5.74) is 13.8. The second-order valence-corrected chi connectivity index (χ2v) is 19.3. The topological polar surface area (TPSA) is 25.8 Å². The lowest BCUT2D eigenvalue weighted by molar-refractivity contribution is 0.398. The number of aromatic nitrogens is 2. The Bertz CT molecular complexity index is 3160. The third-order valence-electron chi connectivity index (χ3n) is 14.8. The normalized spacial score (nSPS) is 13.0. The summed E-state index contributed by atoms with van der Waals surface area (Å²) in [4.78, 5) is 11.1. The van der Waals surface area contributed by atoms with E-state index in [1.165, 1.54) is 166 Å². The molecule has 0 spiro atoms. The minimum Gasteiger partial charge on any atom is -0.228 e. The summed E-state index contributed by atoms with van der Waals surface area (Å²) in [6, 6.07) is 54.8. The van der Waals surface area contributed by atoms with Gasteiger partial charge in [0.05, 0.1) is 11.4 Å². The van der Waals surface area contributed by atoms with Crippen LogP contribution in [-0.4, -0.2) is 9.97 Å². The van der Waals surface area contributed by atoms with Crippen molar-refractivity contribution >= 4 is 43.1 Å². The van der Waals surface area contributed by atoms with Crippen LogP contribution in [0.4, 0.5) is 0 Å². The van der Waals surface area contributed by atoms with E-state index in [1.54, 1.807) is 5.56 Å². The Morgan fingerprint density at radius 2 is 0.969 bits per heavy atom. The molecule has 0 bridgehead atoms. The molecule has 10 rings (SSSR count). The van der Waals surface area contributed by atoms with E-state index in [9.17, 15) is 0 Å². The number of hydrogen-bond donors (Lipinski definition) is 0. The molecular weight excluding hydrogens is 785 g/mol. The van der Waals surface area contributed by atoms with Crippen LogP contribution in [0.2, 0.25) is 0 Å². The van der Waals surface area contributed by atoms with Crippen molar-refractivity contribution < 1.29 is 0 Å². The fourth-order valence-electron chi connectivity index (χ4n) is 11.3. The molecule has 0 saturated carbocycles. The van der Waals surface area contributed by atoms with Crippen LogP contribution >= 0.6 is 0 Å². The molecule has 1 heterocycles. The van der Waals surface area contributed by atoms with Crippen molar-refractivity contribution in [3.63, 3.8) is 0 Å². The SMILES string of the molecule is CCCCCCCCC1(CCCCCCCC)c2cc(C)ccc2-c2ccc(-c3cc(-c4cccc5cc6c(C)cccc6cc45)nc(-c4ccc5ccc6ccccc6c5c4)n3)cc21. The smallest absolute Gasteiger partial charge is 0.160 e. The maximum absolute atomic E-state index is 5.56. The Hall–Kier alpha value is -6.12. The van der Waals surface area contributed by atoms with E-state index in [4.69, 9.17) is 9.97 Å². The Morgan fingerprint density at radius 3 is 1.74 bits per heavy atom. The van der Waals surface area contributed by atoms with E-state index >= 15 is 0 Å². The van der Waals surface area contributed by atoms with Crippen LogP contribution in [0.5, 0.6) is 0 Å².